The molecular formula is C16H13N3O3S2. The molecule has 8 heteroatoms. The van der Waals surface area contributed by atoms with E-state index in [9.17, 15) is 13.2 Å². The minimum atomic E-state index is -3.67. The lowest BCUT2D eigenvalue weighted by Gasteiger charge is -2.04. The highest BCUT2D eigenvalue weighted by Crippen LogP contribution is 2.23. The third kappa shape index (κ3) is 3.84. The summed E-state index contributed by atoms with van der Waals surface area (Å²) in [6.45, 7) is 0. The Kier molecular flexibility index (Phi) is 4.68. The number of amides is 1. The summed E-state index contributed by atoms with van der Waals surface area (Å²) < 4.78 is 24.3. The van der Waals surface area contributed by atoms with Gasteiger partial charge in [0.25, 0.3) is 0 Å². The summed E-state index contributed by atoms with van der Waals surface area (Å²) in [6, 6.07) is 13.3. The van der Waals surface area contributed by atoms with Crippen molar-refractivity contribution in [3.8, 4) is 11.4 Å². The number of benzene rings is 1. The Morgan fingerprint density at radius 1 is 1.04 bits per heavy atom. The van der Waals surface area contributed by atoms with Crippen molar-refractivity contribution in [3.05, 3.63) is 60.1 Å². The van der Waals surface area contributed by atoms with E-state index in [1.54, 1.807) is 41.9 Å². The fraction of sp³-hybridized carbons (Fsp3) is 0.0625. The lowest BCUT2D eigenvalue weighted by molar-refractivity contribution is -0.113. The van der Waals surface area contributed by atoms with Gasteiger partial charge in [0.15, 0.2) is 15.0 Å². The van der Waals surface area contributed by atoms with Crippen LogP contribution >= 0.6 is 11.3 Å². The quantitative estimate of drug-likeness (QED) is 0.756. The van der Waals surface area contributed by atoms with Crippen LogP contribution in [0.3, 0.4) is 0 Å². The standard InChI is InChI=1S/C16H13N3O3S2/c20-15(11-24(21,22)12-6-2-1-3-7-12)19-16-18-14(10-23-16)13-8-4-5-9-17-13/h1-10H,11H2,(H,18,19,20). The minimum absolute atomic E-state index is 0.119. The summed E-state index contributed by atoms with van der Waals surface area (Å²) in [5.74, 6) is -1.25. The van der Waals surface area contributed by atoms with Gasteiger partial charge in [0.1, 0.15) is 11.4 Å². The van der Waals surface area contributed by atoms with Crippen molar-refractivity contribution >= 4 is 32.2 Å². The van der Waals surface area contributed by atoms with Gasteiger partial charge >= 0.3 is 0 Å². The number of aromatic nitrogens is 2. The molecule has 24 heavy (non-hydrogen) atoms. The molecule has 0 aliphatic carbocycles. The second-order valence-corrected chi connectivity index (χ2v) is 7.72. The smallest absolute Gasteiger partial charge is 0.241 e. The van der Waals surface area contributed by atoms with E-state index in [0.717, 1.165) is 0 Å². The Balaban J connectivity index is 1.69. The molecule has 0 radical (unpaired) electrons. The topological polar surface area (TPSA) is 89.0 Å². The number of anilines is 1. The number of hydrogen-bond acceptors (Lipinski definition) is 6. The fourth-order valence-corrected chi connectivity index (χ4v) is 3.88. The van der Waals surface area contributed by atoms with E-state index < -0.39 is 21.5 Å². The number of nitrogens with one attached hydrogen (secondary N) is 1. The summed E-state index contributed by atoms with van der Waals surface area (Å²) in [5.41, 5.74) is 1.31. The van der Waals surface area contributed by atoms with Crippen molar-refractivity contribution < 1.29 is 13.2 Å². The van der Waals surface area contributed by atoms with Crippen LogP contribution < -0.4 is 5.32 Å². The van der Waals surface area contributed by atoms with E-state index in [2.05, 4.69) is 15.3 Å². The molecule has 6 nitrogen and oxygen atoms in total. The van der Waals surface area contributed by atoms with Gasteiger partial charge in [-0.15, -0.1) is 11.3 Å². The maximum atomic E-state index is 12.2. The molecule has 2 aromatic heterocycles. The van der Waals surface area contributed by atoms with Crippen molar-refractivity contribution in [1.82, 2.24) is 9.97 Å². The van der Waals surface area contributed by atoms with Gasteiger partial charge < -0.3 is 5.32 Å². The normalized spacial score (nSPS) is 11.2. The molecule has 3 aromatic rings. The van der Waals surface area contributed by atoms with Crippen LogP contribution in [-0.2, 0) is 14.6 Å². The first-order chi connectivity index (χ1) is 11.5. The largest absolute Gasteiger partial charge is 0.301 e. The van der Waals surface area contributed by atoms with Gasteiger partial charge in [0.2, 0.25) is 5.91 Å². The SMILES string of the molecule is O=C(CS(=O)(=O)c1ccccc1)Nc1nc(-c2ccccn2)cs1. The van der Waals surface area contributed by atoms with Gasteiger partial charge in [-0.3, -0.25) is 9.78 Å². The first-order valence-electron chi connectivity index (χ1n) is 6.99. The lowest BCUT2D eigenvalue weighted by Crippen LogP contribution is -2.22. The van der Waals surface area contributed by atoms with Crippen molar-refractivity contribution in [2.24, 2.45) is 0 Å². The van der Waals surface area contributed by atoms with Crippen LogP contribution in [0.1, 0.15) is 0 Å². The molecule has 1 N–H and O–H groups in total. The van der Waals surface area contributed by atoms with Gasteiger partial charge in [-0.25, -0.2) is 13.4 Å². The van der Waals surface area contributed by atoms with E-state index in [0.29, 0.717) is 16.5 Å². The number of thiazole rings is 1. The van der Waals surface area contributed by atoms with Gasteiger partial charge in [-0.1, -0.05) is 24.3 Å². The highest BCUT2D eigenvalue weighted by molar-refractivity contribution is 7.92. The summed E-state index contributed by atoms with van der Waals surface area (Å²) in [5, 5.41) is 4.61. The fourth-order valence-electron chi connectivity index (χ4n) is 2.00. The number of carbonyl (C=O) groups is 1. The minimum Gasteiger partial charge on any atom is -0.301 e. The molecule has 0 spiro atoms. The predicted octanol–water partition coefficient (Wildman–Crippen LogP) is 2.62. The maximum Gasteiger partial charge on any atom is 0.241 e. The van der Waals surface area contributed by atoms with Crippen molar-refractivity contribution in [2.75, 3.05) is 11.1 Å². The molecule has 1 aromatic carbocycles. The van der Waals surface area contributed by atoms with Crippen molar-refractivity contribution in [2.45, 2.75) is 4.90 Å². The summed E-state index contributed by atoms with van der Waals surface area (Å²) in [7, 11) is -3.67. The molecule has 0 bridgehead atoms. The first-order valence-corrected chi connectivity index (χ1v) is 9.52. The Morgan fingerprint density at radius 3 is 2.50 bits per heavy atom. The number of hydrogen-bond donors (Lipinski definition) is 1. The van der Waals surface area contributed by atoms with Gasteiger partial charge in [0, 0.05) is 11.6 Å². The van der Waals surface area contributed by atoms with Crippen LogP contribution in [0.4, 0.5) is 5.13 Å². The highest BCUT2D eigenvalue weighted by Gasteiger charge is 2.20. The number of nitrogens with zero attached hydrogens (tertiary/aromatic N) is 2. The summed E-state index contributed by atoms with van der Waals surface area (Å²) in [6.07, 6.45) is 1.65. The number of carbonyl (C=O) groups excluding carboxylic acids is 1. The molecule has 0 unspecified atom stereocenters. The third-order valence-electron chi connectivity index (χ3n) is 3.10. The average molecular weight is 359 g/mol. The molecule has 0 aliphatic heterocycles. The van der Waals surface area contributed by atoms with E-state index in [4.69, 9.17) is 0 Å². The highest BCUT2D eigenvalue weighted by atomic mass is 32.2. The maximum absolute atomic E-state index is 12.2. The Labute approximate surface area is 143 Å². The van der Waals surface area contributed by atoms with Gasteiger partial charge in [-0.05, 0) is 24.3 Å². The molecule has 0 atom stereocenters. The molecule has 0 fully saturated rings. The number of sulfone groups is 1. The van der Waals surface area contributed by atoms with Crippen LogP contribution in [0.2, 0.25) is 0 Å². The Bertz CT molecular complexity index is 939. The Morgan fingerprint density at radius 2 is 1.79 bits per heavy atom. The molecule has 0 saturated carbocycles. The zero-order chi connectivity index (χ0) is 17.0. The van der Waals surface area contributed by atoms with Crippen LogP contribution in [0.25, 0.3) is 11.4 Å². The second kappa shape index (κ2) is 6.90. The van der Waals surface area contributed by atoms with E-state index in [-0.39, 0.29) is 4.90 Å². The lowest BCUT2D eigenvalue weighted by atomic mass is 10.3. The van der Waals surface area contributed by atoms with Crippen molar-refractivity contribution in [3.63, 3.8) is 0 Å². The number of pyridine rings is 1. The van der Waals surface area contributed by atoms with E-state index in [1.807, 2.05) is 6.07 Å². The molecule has 1 amide bonds. The summed E-state index contributed by atoms with van der Waals surface area (Å²) >= 11 is 1.22. The third-order valence-corrected chi connectivity index (χ3v) is 5.49. The molecule has 0 saturated heterocycles. The molecule has 3 rings (SSSR count). The Hall–Kier alpha value is -2.58. The second-order valence-electron chi connectivity index (χ2n) is 4.87. The molecule has 0 aliphatic rings. The van der Waals surface area contributed by atoms with Crippen LogP contribution in [0.15, 0.2) is 65.0 Å². The van der Waals surface area contributed by atoms with Crippen molar-refractivity contribution in [1.29, 1.82) is 0 Å². The van der Waals surface area contributed by atoms with Gasteiger partial charge in [-0.2, -0.15) is 0 Å². The molecule has 122 valence electrons. The van der Waals surface area contributed by atoms with E-state index in [1.165, 1.54) is 23.5 Å². The zero-order valence-corrected chi connectivity index (χ0v) is 14.0. The summed E-state index contributed by atoms with van der Waals surface area (Å²) in [4.78, 5) is 20.6. The van der Waals surface area contributed by atoms with Gasteiger partial charge in [0.05, 0.1) is 10.6 Å². The zero-order valence-electron chi connectivity index (χ0n) is 12.4. The first kappa shape index (κ1) is 16.3. The molecule has 2 heterocycles. The molecular weight excluding hydrogens is 346 g/mol. The van der Waals surface area contributed by atoms with Crippen LogP contribution in [0.5, 0.6) is 0 Å². The van der Waals surface area contributed by atoms with Crippen LogP contribution in [-0.4, -0.2) is 30.0 Å². The predicted molar refractivity (Wildman–Crippen MR) is 92.5 cm³/mol. The average Bonchev–Trinajstić information content (AvgIpc) is 3.04. The van der Waals surface area contributed by atoms with E-state index >= 15 is 0 Å². The van der Waals surface area contributed by atoms with Crippen LogP contribution in [0, 0.1) is 0 Å². The monoisotopic (exact) mass is 359 g/mol. The number of rotatable bonds is 5.